The molecule has 3 N–H and O–H groups in total. The highest BCUT2D eigenvalue weighted by molar-refractivity contribution is 5.82. The second-order valence-electron chi connectivity index (χ2n) is 6.80. The van der Waals surface area contributed by atoms with Crippen molar-refractivity contribution in [3.63, 3.8) is 0 Å². The molecule has 0 saturated carbocycles. The number of amides is 2. The normalized spacial score (nSPS) is 16.2. The van der Waals surface area contributed by atoms with Gasteiger partial charge in [-0.25, -0.2) is 9.78 Å². The second kappa shape index (κ2) is 9.72. The number of nitrogens with zero attached hydrogens (tertiary/aromatic N) is 4. The topological polar surface area (TPSA) is 116 Å². The summed E-state index contributed by atoms with van der Waals surface area (Å²) < 4.78 is 1.98. The Morgan fingerprint density at radius 1 is 1.41 bits per heavy atom. The first kappa shape index (κ1) is 20.4. The fraction of sp³-hybridized carbons (Fsp3) is 0.400. The van der Waals surface area contributed by atoms with Gasteiger partial charge in [-0.15, -0.1) is 0 Å². The van der Waals surface area contributed by atoms with Crippen molar-refractivity contribution in [1.29, 1.82) is 0 Å². The minimum Gasteiger partial charge on any atom is -0.483 e. The number of urea groups is 1. The summed E-state index contributed by atoms with van der Waals surface area (Å²) in [4.78, 5) is 30.4. The number of carbonyl (C=O) groups is 2. The molecule has 0 radical (unpaired) electrons. The van der Waals surface area contributed by atoms with Gasteiger partial charge in [0.25, 0.3) is 6.47 Å². The maximum atomic E-state index is 12.6. The minimum atomic E-state index is -0.250. The average Bonchev–Trinajstić information content (AvgIpc) is 3.41. The van der Waals surface area contributed by atoms with Crippen LogP contribution in [0.5, 0.6) is 0 Å². The van der Waals surface area contributed by atoms with Crippen LogP contribution in [0.4, 0.5) is 4.79 Å². The van der Waals surface area contributed by atoms with Crippen molar-refractivity contribution >= 4 is 23.4 Å². The predicted octanol–water partition coefficient (Wildman–Crippen LogP) is 2.57. The molecule has 29 heavy (non-hydrogen) atoms. The molecule has 1 aromatic carbocycles. The van der Waals surface area contributed by atoms with Crippen molar-refractivity contribution in [2.75, 3.05) is 13.1 Å². The second-order valence-corrected chi connectivity index (χ2v) is 6.80. The maximum Gasteiger partial charge on any atom is 0.317 e. The number of para-hydroxylation sites is 1. The van der Waals surface area contributed by atoms with E-state index in [1.807, 2.05) is 27.9 Å². The Labute approximate surface area is 168 Å². The van der Waals surface area contributed by atoms with Crippen LogP contribution in [0, 0.1) is 0 Å². The highest BCUT2D eigenvalue weighted by atomic mass is 16.3. The lowest BCUT2D eigenvalue weighted by molar-refractivity contribution is -0.122. The number of carboxylic acid groups (broad SMARTS) is 1. The number of likely N-dealkylation sites (tertiary alicyclic amines) is 1. The summed E-state index contributed by atoms with van der Waals surface area (Å²) in [5.41, 5.74) is 2.02. The SMILES string of the molecule is CCn1nc(CNC(=O)N2CCCC(c3ncc[nH]3)C2)c2ccccc21.O=CO. The van der Waals surface area contributed by atoms with Crippen LogP contribution in [0.15, 0.2) is 36.7 Å². The van der Waals surface area contributed by atoms with E-state index in [4.69, 9.17) is 9.90 Å². The number of piperidine rings is 1. The van der Waals surface area contributed by atoms with E-state index in [9.17, 15) is 4.79 Å². The van der Waals surface area contributed by atoms with E-state index in [1.54, 1.807) is 6.20 Å². The molecule has 1 aliphatic rings. The number of fused-ring (bicyclic) bond motifs is 1. The molecule has 2 amide bonds. The molecular weight excluding hydrogens is 372 g/mol. The molecule has 1 atom stereocenters. The smallest absolute Gasteiger partial charge is 0.317 e. The highest BCUT2D eigenvalue weighted by Crippen LogP contribution is 2.24. The summed E-state index contributed by atoms with van der Waals surface area (Å²) in [5.74, 6) is 1.25. The Bertz CT molecular complexity index is 937. The number of carbonyl (C=O) groups excluding carboxylic acids is 1. The number of H-pyrrole nitrogens is 1. The van der Waals surface area contributed by atoms with Crippen LogP contribution in [0.25, 0.3) is 10.9 Å². The van der Waals surface area contributed by atoms with Gasteiger partial charge in [-0.3, -0.25) is 9.48 Å². The van der Waals surface area contributed by atoms with E-state index in [0.717, 1.165) is 48.4 Å². The van der Waals surface area contributed by atoms with E-state index in [1.165, 1.54) is 0 Å². The molecule has 9 nitrogen and oxygen atoms in total. The lowest BCUT2D eigenvalue weighted by Crippen LogP contribution is -2.44. The van der Waals surface area contributed by atoms with Crippen molar-refractivity contribution in [3.05, 3.63) is 48.2 Å². The number of hydrogen-bond donors (Lipinski definition) is 3. The van der Waals surface area contributed by atoms with E-state index < -0.39 is 0 Å². The third kappa shape index (κ3) is 4.74. The molecule has 9 heteroatoms. The Hall–Kier alpha value is -3.36. The molecular formula is C20H26N6O3. The van der Waals surface area contributed by atoms with Crippen LogP contribution in [0.1, 0.15) is 37.2 Å². The molecule has 2 aromatic heterocycles. The third-order valence-corrected chi connectivity index (χ3v) is 5.06. The molecule has 0 aliphatic carbocycles. The first-order chi connectivity index (χ1) is 14.2. The van der Waals surface area contributed by atoms with Gasteiger partial charge in [-0.2, -0.15) is 5.10 Å². The van der Waals surface area contributed by atoms with Gasteiger partial charge in [-0.1, -0.05) is 18.2 Å². The highest BCUT2D eigenvalue weighted by Gasteiger charge is 2.26. The number of hydrogen-bond acceptors (Lipinski definition) is 4. The summed E-state index contributed by atoms with van der Waals surface area (Å²) >= 11 is 0. The number of benzene rings is 1. The monoisotopic (exact) mass is 398 g/mol. The lowest BCUT2D eigenvalue weighted by Gasteiger charge is -2.31. The Kier molecular flexibility index (Phi) is 6.83. The Balaban J connectivity index is 0.000000755. The number of nitrogens with one attached hydrogen (secondary N) is 2. The van der Waals surface area contributed by atoms with E-state index in [2.05, 4.69) is 39.4 Å². The molecule has 0 spiro atoms. The molecule has 4 rings (SSSR count). The van der Waals surface area contributed by atoms with Gasteiger partial charge in [0.15, 0.2) is 0 Å². The van der Waals surface area contributed by atoms with Crippen molar-refractivity contribution in [3.8, 4) is 0 Å². The van der Waals surface area contributed by atoms with Crippen LogP contribution < -0.4 is 5.32 Å². The third-order valence-electron chi connectivity index (χ3n) is 5.06. The van der Waals surface area contributed by atoms with Crippen LogP contribution in [0.3, 0.4) is 0 Å². The summed E-state index contributed by atoms with van der Waals surface area (Å²) in [6.07, 6.45) is 5.65. The van der Waals surface area contributed by atoms with Crippen molar-refractivity contribution < 1.29 is 14.7 Å². The quantitative estimate of drug-likeness (QED) is 0.584. The standard InChI is InChI=1S/C19H24N6O.CH2O2/c1-2-25-17-8-4-3-7-15(17)16(23-25)12-22-19(26)24-11-5-6-14(13-24)18-20-9-10-21-18;2-1-3/h3-4,7-10,14H,2,5-6,11-13H2,1H3,(H,20,21)(H,22,26);1H,(H,2,3). The zero-order valence-electron chi connectivity index (χ0n) is 16.4. The summed E-state index contributed by atoms with van der Waals surface area (Å²) in [6.45, 7) is 4.56. The number of aromatic amines is 1. The predicted molar refractivity (Wildman–Crippen MR) is 108 cm³/mol. The van der Waals surface area contributed by atoms with Crippen molar-refractivity contribution in [2.24, 2.45) is 0 Å². The Morgan fingerprint density at radius 3 is 2.93 bits per heavy atom. The molecule has 1 fully saturated rings. The molecule has 1 aliphatic heterocycles. The number of imidazole rings is 1. The van der Waals surface area contributed by atoms with Gasteiger partial charge in [0.2, 0.25) is 0 Å². The number of rotatable bonds is 4. The number of aryl methyl sites for hydroxylation is 1. The first-order valence-corrected chi connectivity index (χ1v) is 9.72. The Morgan fingerprint density at radius 2 is 2.21 bits per heavy atom. The molecule has 1 unspecified atom stereocenters. The fourth-order valence-electron chi connectivity index (χ4n) is 3.72. The lowest BCUT2D eigenvalue weighted by atomic mass is 9.98. The van der Waals surface area contributed by atoms with Gasteiger partial charge in [-0.05, 0) is 25.8 Å². The van der Waals surface area contributed by atoms with Crippen molar-refractivity contribution in [1.82, 2.24) is 30.0 Å². The molecule has 3 aromatic rings. The molecule has 0 bridgehead atoms. The first-order valence-electron chi connectivity index (χ1n) is 9.72. The van der Waals surface area contributed by atoms with Crippen LogP contribution in [0.2, 0.25) is 0 Å². The average molecular weight is 398 g/mol. The molecule has 3 heterocycles. The zero-order valence-corrected chi connectivity index (χ0v) is 16.4. The van der Waals surface area contributed by atoms with Gasteiger partial charge < -0.3 is 20.3 Å². The van der Waals surface area contributed by atoms with Gasteiger partial charge in [0, 0.05) is 43.3 Å². The van der Waals surface area contributed by atoms with Gasteiger partial charge >= 0.3 is 6.03 Å². The van der Waals surface area contributed by atoms with E-state index in [-0.39, 0.29) is 18.4 Å². The zero-order chi connectivity index (χ0) is 20.6. The largest absolute Gasteiger partial charge is 0.483 e. The van der Waals surface area contributed by atoms with Crippen LogP contribution >= 0.6 is 0 Å². The summed E-state index contributed by atoms with van der Waals surface area (Å²) in [7, 11) is 0. The van der Waals surface area contributed by atoms with Gasteiger partial charge in [0.1, 0.15) is 5.82 Å². The van der Waals surface area contributed by atoms with Crippen LogP contribution in [-0.4, -0.2) is 55.3 Å². The van der Waals surface area contributed by atoms with Gasteiger partial charge in [0.05, 0.1) is 17.8 Å². The molecule has 154 valence electrons. The van der Waals surface area contributed by atoms with E-state index >= 15 is 0 Å². The molecule has 1 saturated heterocycles. The number of aromatic nitrogens is 4. The minimum absolute atomic E-state index is 0.0311. The summed E-state index contributed by atoms with van der Waals surface area (Å²) in [6, 6.07) is 8.12. The maximum absolute atomic E-state index is 12.6. The van der Waals surface area contributed by atoms with Crippen LogP contribution in [-0.2, 0) is 17.9 Å². The fourth-order valence-corrected chi connectivity index (χ4v) is 3.72. The summed E-state index contributed by atoms with van der Waals surface area (Å²) in [5, 5.41) is 15.7. The van der Waals surface area contributed by atoms with E-state index in [0.29, 0.717) is 13.1 Å². The van der Waals surface area contributed by atoms with Crippen molar-refractivity contribution in [2.45, 2.75) is 38.8 Å².